The third kappa shape index (κ3) is 5.29. The Labute approximate surface area is 131 Å². The summed E-state index contributed by atoms with van der Waals surface area (Å²) in [6.45, 7) is 3.16. The van der Waals surface area contributed by atoms with Gasteiger partial charge in [-0.3, -0.25) is 0 Å². The van der Waals surface area contributed by atoms with Gasteiger partial charge in [0.05, 0.1) is 0 Å². The number of ether oxygens (including phenoxy) is 1. The third-order valence-electron chi connectivity index (χ3n) is 2.68. The van der Waals surface area contributed by atoms with E-state index in [0.717, 1.165) is 23.6 Å². The Morgan fingerprint density at radius 1 is 0.750 bits per heavy atom. The molecule has 0 N–H and O–H groups in total. The van der Waals surface area contributed by atoms with Gasteiger partial charge in [-0.15, -0.1) is 22.2 Å². The quantitative estimate of drug-likeness (QED) is 0.614. The molecule has 4 heteroatoms. The summed E-state index contributed by atoms with van der Waals surface area (Å²) < 4.78 is 4.83. The van der Waals surface area contributed by atoms with Gasteiger partial charge in [0, 0.05) is 13.2 Å². The topological polar surface area (TPSA) is 9.23 Å². The minimum absolute atomic E-state index is 0.844. The molecule has 0 fully saturated rings. The predicted molar refractivity (Wildman–Crippen MR) is 91.8 cm³/mol. The second-order valence-electron chi connectivity index (χ2n) is 4.09. The van der Waals surface area contributed by atoms with Crippen LogP contribution in [-0.4, -0.2) is 19.9 Å². The Morgan fingerprint density at radius 3 is 1.35 bits per heavy atom. The van der Waals surface area contributed by atoms with Gasteiger partial charge in [-0.25, -0.2) is 0 Å². The maximum absolute atomic E-state index is 6.49. The first-order chi connectivity index (χ1) is 9.62. The summed E-state index contributed by atoms with van der Waals surface area (Å²) in [4.78, 5) is 0. The van der Waals surface area contributed by atoms with E-state index in [-0.39, 0.29) is 0 Å². The van der Waals surface area contributed by atoms with Crippen LogP contribution in [0.5, 0.6) is 0 Å². The van der Waals surface area contributed by atoms with Crippen LogP contribution in [0.2, 0.25) is 0 Å². The smallest absolute Gasteiger partial charge is 0.310 e. The van der Waals surface area contributed by atoms with E-state index >= 15 is 0 Å². The van der Waals surface area contributed by atoms with Gasteiger partial charge in [-0.05, 0) is 24.2 Å². The number of hydrogen-bond acceptors (Lipinski definition) is 1. The van der Waals surface area contributed by atoms with E-state index in [4.69, 9.17) is 26.9 Å². The molecule has 0 aromatic heterocycles. The standard InChI is InChI=1S/C12H10Cl2Si.C4H10O/c13-15(14,11-7-3-1-4-8-11)12-9-5-2-6-10-12;1-3-5-4-2/h1-10H;3-4H2,1-2H3. The van der Waals surface area contributed by atoms with Crippen LogP contribution in [0.3, 0.4) is 0 Å². The summed E-state index contributed by atoms with van der Waals surface area (Å²) in [7, 11) is 0. The maximum Gasteiger partial charge on any atom is 0.310 e. The lowest BCUT2D eigenvalue weighted by molar-refractivity contribution is 0.162. The molecule has 0 unspecified atom stereocenters. The molecule has 20 heavy (non-hydrogen) atoms. The molecule has 0 aliphatic heterocycles. The van der Waals surface area contributed by atoms with E-state index in [2.05, 4.69) is 0 Å². The monoisotopic (exact) mass is 326 g/mol. The van der Waals surface area contributed by atoms with Crippen LogP contribution < -0.4 is 10.4 Å². The normalized spacial score (nSPS) is 10.6. The minimum atomic E-state index is -2.51. The highest BCUT2D eigenvalue weighted by Gasteiger charge is 2.32. The molecule has 0 atom stereocenters. The Hall–Kier alpha value is -0.803. The van der Waals surface area contributed by atoms with Crippen LogP contribution in [0.1, 0.15) is 13.8 Å². The van der Waals surface area contributed by atoms with E-state index < -0.39 is 6.69 Å². The lowest BCUT2D eigenvalue weighted by atomic mass is 10.4. The fraction of sp³-hybridized carbons (Fsp3) is 0.250. The summed E-state index contributed by atoms with van der Waals surface area (Å²) in [5.74, 6) is 0. The van der Waals surface area contributed by atoms with Gasteiger partial charge in [-0.1, -0.05) is 60.7 Å². The van der Waals surface area contributed by atoms with Gasteiger partial charge in [0.1, 0.15) is 0 Å². The van der Waals surface area contributed by atoms with Crippen molar-refractivity contribution in [2.24, 2.45) is 0 Å². The van der Waals surface area contributed by atoms with Crippen LogP contribution in [0, 0.1) is 0 Å². The molecule has 0 aliphatic carbocycles. The molecule has 0 amide bonds. The molecule has 1 nitrogen and oxygen atoms in total. The van der Waals surface area contributed by atoms with Crippen LogP contribution in [-0.2, 0) is 4.74 Å². The summed E-state index contributed by atoms with van der Waals surface area (Å²) in [6, 6.07) is 19.7. The minimum Gasteiger partial charge on any atom is -0.382 e. The van der Waals surface area contributed by atoms with Gasteiger partial charge >= 0.3 is 6.69 Å². The molecule has 0 spiro atoms. The van der Waals surface area contributed by atoms with Gasteiger partial charge in [0.25, 0.3) is 0 Å². The zero-order valence-electron chi connectivity index (χ0n) is 11.9. The molecule has 0 bridgehead atoms. The number of halogens is 2. The molecular formula is C16H20Cl2OSi. The van der Waals surface area contributed by atoms with E-state index in [1.54, 1.807) is 0 Å². The first kappa shape index (κ1) is 17.2. The highest BCUT2D eigenvalue weighted by Crippen LogP contribution is 2.14. The summed E-state index contributed by atoms with van der Waals surface area (Å²) in [5.41, 5.74) is 0. The molecule has 0 saturated carbocycles. The van der Waals surface area contributed by atoms with Crippen LogP contribution >= 0.6 is 22.2 Å². The first-order valence-corrected chi connectivity index (χ1v) is 10.7. The second kappa shape index (κ2) is 9.19. The third-order valence-corrected chi connectivity index (χ3v) is 7.42. The summed E-state index contributed by atoms with van der Waals surface area (Å²) in [6.07, 6.45) is 0. The fourth-order valence-electron chi connectivity index (χ4n) is 1.67. The highest BCUT2D eigenvalue weighted by molar-refractivity contribution is 7.56. The highest BCUT2D eigenvalue weighted by atomic mass is 35.7. The molecule has 2 rings (SSSR count). The second-order valence-corrected chi connectivity index (χ2v) is 10.4. The van der Waals surface area contributed by atoms with Crippen molar-refractivity contribution in [2.75, 3.05) is 13.2 Å². The lowest BCUT2D eigenvalue weighted by Crippen LogP contribution is -2.48. The first-order valence-electron chi connectivity index (χ1n) is 6.69. The lowest BCUT2D eigenvalue weighted by Gasteiger charge is -2.17. The van der Waals surface area contributed by atoms with Crippen LogP contribution in [0.15, 0.2) is 60.7 Å². The van der Waals surface area contributed by atoms with Crippen molar-refractivity contribution in [3.05, 3.63) is 60.7 Å². The van der Waals surface area contributed by atoms with Gasteiger partial charge in [0.2, 0.25) is 0 Å². The van der Waals surface area contributed by atoms with Gasteiger partial charge in [0.15, 0.2) is 0 Å². The van der Waals surface area contributed by atoms with Crippen molar-refractivity contribution >= 4 is 39.2 Å². The number of hydrogen-bond donors (Lipinski definition) is 0. The van der Waals surface area contributed by atoms with Gasteiger partial charge in [-0.2, -0.15) is 0 Å². The molecule has 0 heterocycles. The maximum atomic E-state index is 6.49. The molecule has 0 aliphatic rings. The average Bonchev–Trinajstić information content (AvgIpc) is 2.50. The number of rotatable bonds is 4. The van der Waals surface area contributed by atoms with E-state index in [0.29, 0.717) is 0 Å². The van der Waals surface area contributed by atoms with E-state index in [1.165, 1.54) is 0 Å². The van der Waals surface area contributed by atoms with E-state index in [1.807, 2.05) is 74.5 Å². The molecule has 108 valence electrons. The summed E-state index contributed by atoms with van der Waals surface area (Å²) in [5, 5.41) is 2.05. The average molecular weight is 327 g/mol. The summed E-state index contributed by atoms with van der Waals surface area (Å²) >= 11 is 13.0. The Kier molecular flexibility index (Phi) is 7.93. The van der Waals surface area contributed by atoms with Crippen molar-refractivity contribution in [3.63, 3.8) is 0 Å². The zero-order chi connectivity index (χ0) is 14.8. The van der Waals surface area contributed by atoms with Crippen molar-refractivity contribution in [3.8, 4) is 0 Å². The predicted octanol–water partition coefficient (Wildman–Crippen LogP) is 3.76. The zero-order valence-corrected chi connectivity index (χ0v) is 14.4. The van der Waals surface area contributed by atoms with Crippen molar-refractivity contribution in [1.82, 2.24) is 0 Å². The Morgan fingerprint density at radius 2 is 1.10 bits per heavy atom. The van der Waals surface area contributed by atoms with Crippen molar-refractivity contribution < 1.29 is 4.74 Å². The molecule has 2 aromatic carbocycles. The van der Waals surface area contributed by atoms with Crippen LogP contribution in [0.25, 0.3) is 0 Å². The molecule has 0 saturated heterocycles. The van der Waals surface area contributed by atoms with Crippen molar-refractivity contribution in [2.45, 2.75) is 13.8 Å². The van der Waals surface area contributed by atoms with Crippen LogP contribution in [0.4, 0.5) is 0 Å². The fourth-order valence-corrected chi connectivity index (χ4v) is 4.73. The molecular weight excluding hydrogens is 307 g/mol. The SMILES string of the molecule is CCOCC.Cl[Si](Cl)(c1ccccc1)c1ccccc1. The van der Waals surface area contributed by atoms with Crippen molar-refractivity contribution in [1.29, 1.82) is 0 Å². The Bertz CT molecular complexity index is 431. The molecule has 0 radical (unpaired) electrons. The van der Waals surface area contributed by atoms with E-state index in [9.17, 15) is 0 Å². The molecule has 2 aromatic rings. The van der Waals surface area contributed by atoms with Gasteiger partial charge < -0.3 is 4.74 Å². The number of benzene rings is 2. The largest absolute Gasteiger partial charge is 0.382 e. The Balaban J connectivity index is 0.000000347.